The van der Waals surface area contributed by atoms with E-state index in [9.17, 15) is 14.4 Å². The summed E-state index contributed by atoms with van der Waals surface area (Å²) >= 11 is 0. The number of carbonyl (C=O) groups excluding carboxylic acids is 2. The molecule has 1 aliphatic heterocycles. The Morgan fingerprint density at radius 3 is 2.62 bits per heavy atom. The predicted octanol–water partition coefficient (Wildman–Crippen LogP) is -0.370. The number of para-hydroxylation sites is 2. The fourth-order valence-corrected chi connectivity index (χ4v) is 2.58. The van der Waals surface area contributed by atoms with Gasteiger partial charge in [0, 0.05) is 26.2 Å². The number of aromatic nitrogens is 2. The standard InChI is InChI=1S/C14H16N4O3/c19-10-16-5-7-17(8-6-16)13(20)9-18-12-4-2-1-3-11(12)15-14(18)21/h1-4,10H,5-9H2,(H,15,21). The summed E-state index contributed by atoms with van der Waals surface area (Å²) in [4.78, 5) is 41.0. The van der Waals surface area contributed by atoms with Crippen molar-refractivity contribution in [3.05, 3.63) is 34.7 Å². The van der Waals surface area contributed by atoms with Gasteiger partial charge < -0.3 is 14.8 Å². The zero-order valence-electron chi connectivity index (χ0n) is 11.5. The summed E-state index contributed by atoms with van der Waals surface area (Å²) in [6.45, 7) is 2.11. The highest BCUT2D eigenvalue weighted by molar-refractivity contribution is 5.80. The molecule has 0 unspecified atom stereocenters. The van der Waals surface area contributed by atoms with E-state index in [1.54, 1.807) is 15.9 Å². The van der Waals surface area contributed by atoms with Gasteiger partial charge in [0.1, 0.15) is 6.54 Å². The molecule has 0 saturated carbocycles. The maximum atomic E-state index is 12.3. The summed E-state index contributed by atoms with van der Waals surface area (Å²) in [6.07, 6.45) is 0.798. The summed E-state index contributed by atoms with van der Waals surface area (Å²) in [6, 6.07) is 7.29. The maximum absolute atomic E-state index is 12.3. The number of hydrogen-bond acceptors (Lipinski definition) is 3. The SMILES string of the molecule is O=CN1CCN(C(=O)Cn2c(=O)[nH]c3ccccc32)CC1. The van der Waals surface area contributed by atoms with Gasteiger partial charge in [-0.3, -0.25) is 14.2 Å². The van der Waals surface area contributed by atoms with E-state index in [0.717, 1.165) is 17.4 Å². The first kappa shape index (κ1) is 13.4. The Morgan fingerprint density at radius 1 is 1.19 bits per heavy atom. The van der Waals surface area contributed by atoms with Crippen LogP contribution in [0.1, 0.15) is 0 Å². The van der Waals surface area contributed by atoms with Gasteiger partial charge in [-0.05, 0) is 12.1 Å². The van der Waals surface area contributed by atoms with Crippen molar-refractivity contribution in [2.24, 2.45) is 0 Å². The van der Waals surface area contributed by atoms with Crippen LogP contribution in [0.4, 0.5) is 0 Å². The molecule has 1 saturated heterocycles. The second-order valence-corrected chi connectivity index (χ2v) is 5.06. The van der Waals surface area contributed by atoms with Crippen LogP contribution < -0.4 is 5.69 Å². The van der Waals surface area contributed by atoms with Gasteiger partial charge in [-0.2, -0.15) is 0 Å². The number of benzene rings is 1. The number of nitrogens with zero attached hydrogens (tertiary/aromatic N) is 3. The molecule has 110 valence electrons. The molecule has 0 radical (unpaired) electrons. The van der Waals surface area contributed by atoms with Crippen LogP contribution >= 0.6 is 0 Å². The average molecular weight is 288 g/mol. The van der Waals surface area contributed by atoms with Crippen LogP contribution in [0.3, 0.4) is 0 Å². The lowest BCUT2D eigenvalue weighted by Crippen LogP contribution is -2.49. The average Bonchev–Trinajstić information content (AvgIpc) is 2.83. The fraction of sp³-hybridized carbons (Fsp3) is 0.357. The minimum atomic E-state index is -0.281. The van der Waals surface area contributed by atoms with Gasteiger partial charge in [-0.1, -0.05) is 12.1 Å². The van der Waals surface area contributed by atoms with Crippen molar-refractivity contribution in [1.29, 1.82) is 0 Å². The van der Waals surface area contributed by atoms with Crippen LogP contribution in [-0.2, 0) is 16.1 Å². The lowest BCUT2D eigenvalue weighted by atomic mass is 10.3. The first-order valence-corrected chi connectivity index (χ1v) is 6.84. The van der Waals surface area contributed by atoms with E-state index in [2.05, 4.69) is 4.98 Å². The molecule has 2 amide bonds. The molecule has 1 aromatic heterocycles. The monoisotopic (exact) mass is 288 g/mol. The van der Waals surface area contributed by atoms with E-state index in [4.69, 9.17) is 0 Å². The summed E-state index contributed by atoms with van der Waals surface area (Å²) in [5, 5.41) is 0. The van der Waals surface area contributed by atoms with Crippen LogP contribution in [0.15, 0.2) is 29.1 Å². The number of imidazole rings is 1. The summed E-state index contributed by atoms with van der Waals surface area (Å²) in [5.74, 6) is -0.104. The molecule has 0 atom stereocenters. The highest BCUT2D eigenvalue weighted by Gasteiger charge is 2.21. The van der Waals surface area contributed by atoms with E-state index >= 15 is 0 Å². The number of aromatic amines is 1. The minimum Gasteiger partial charge on any atom is -0.342 e. The van der Waals surface area contributed by atoms with Gasteiger partial charge in [0.15, 0.2) is 0 Å². The van der Waals surface area contributed by atoms with Crippen molar-refractivity contribution in [1.82, 2.24) is 19.4 Å². The van der Waals surface area contributed by atoms with Gasteiger partial charge >= 0.3 is 5.69 Å². The zero-order valence-corrected chi connectivity index (χ0v) is 11.5. The van der Waals surface area contributed by atoms with Crippen molar-refractivity contribution >= 4 is 23.4 Å². The fourth-order valence-electron chi connectivity index (χ4n) is 2.58. The smallest absolute Gasteiger partial charge is 0.326 e. The molecule has 0 bridgehead atoms. The normalized spacial score (nSPS) is 15.4. The molecule has 2 aromatic rings. The highest BCUT2D eigenvalue weighted by atomic mass is 16.2. The number of nitrogens with one attached hydrogen (secondary N) is 1. The third kappa shape index (κ3) is 2.54. The molecular formula is C14H16N4O3. The van der Waals surface area contributed by atoms with E-state index < -0.39 is 0 Å². The number of carbonyl (C=O) groups is 2. The number of H-pyrrole nitrogens is 1. The van der Waals surface area contributed by atoms with Crippen LogP contribution in [0.5, 0.6) is 0 Å². The Kier molecular flexibility index (Phi) is 3.47. The Labute approximate surface area is 120 Å². The molecule has 7 heteroatoms. The van der Waals surface area contributed by atoms with Crippen molar-refractivity contribution in [3.8, 4) is 0 Å². The first-order chi connectivity index (χ1) is 10.2. The molecule has 1 aliphatic rings. The number of piperazine rings is 1. The van der Waals surface area contributed by atoms with Gasteiger partial charge in [-0.15, -0.1) is 0 Å². The molecule has 2 heterocycles. The molecule has 3 rings (SSSR count). The Hall–Kier alpha value is -2.57. The summed E-state index contributed by atoms with van der Waals surface area (Å²) in [7, 11) is 0. The van der Waals surface area contributed by atoms with Gasteiger partial charge in [0.2, 0.25) is 12.3 Å². The molecular weight excluding hydrogens is 272 g/mol. The van der Waals surface area contributed by atoms with Gasteiger partial charge in [-0.25, -0.2) is 4.79 Å². The lowest BCUT2D eigenvalue weighted by Gasteiger charge is -2.32. The van der Waals surface area contributed by atoms with Gasteiger partial charge in [0.05, 0.1) is 11.0 Å². The second kappa shape index (κ2) is 5.43. The zero-order chi connectivity index (χ0) is 14.8. The van der Waals surface area contributed by atoms with Crippen LogP contribution in [0.2, 0.25) is 0 Å². The Morgan fingerprint density at radius 2 is 1.90 bits per heavy atom. The van der Waals surface area contributed by atoms with Crippen LogP contribution in [0.25, 0.3) is 11.0 Å². The minimum absolute atomic E-state index is 0.0178. The number of hydrogen-bond donors (Lipinski definition) is 1. The Balaban J connectivity index is 1.76. The topological polar surface area (TPSA) is 78.4 Å². The molecule has 1 N–H and O–H groups in total. The maximum Gasteiger partial charge on any atom is 0.326 e. The molecule has 0 spiro atoms. The third-order valence-electron chi connectivity index (χ3n) is 3.79. The number of rotatable bonds is 3. The van der Waals surface area contributed by atoms with Crippen LogP contribution in [-0.4, -0.2) is 57.8 Å². The quantitative estimate of drug-likeness (QED) is 0.783. The number of fused-ring (bicyclic) bond motifs is 1. The summed E-state index contributed by atoms with van der Waals surface area (Å²) < 4.78 is 1.45. The Bertz CT molecular complexity index is 725. The van der Waals surface area contributed by atoms with E-state index in [0.29, 0.717) is 26.2 Å². The van der Waals surface area contributed by atoms with Crippen molar-refractivity contribution < 1.29 is 9.59 Å². The van der Waals surface area contributed by atoms with Gasteiger partial charge in [0.25, 0.3) is 0 Å². The highest BCUT2D eigenvalue weighted by Crippen LogP contribution is 2.09. The number of amides is 2. The lowest BCUT2D eigenvalue weighted by molar-refractivity contribution is -0.135. The van der Waals surface area contributed by atoms with Crippen molar-refractivity contribution in [2.45, 2.75) is 6.54 Å². The first-order valence-electron chi connectivity index (χ1n) is 6.84. The van der Waals surface area contributed by atoms with Crippen LogP contribution in [0, 0.1) is 0 Å². The van der Waals surface area contributed by atoms with Crippen molar-refractivity contribution in [3.63, 3.8) is 0 Å². The summed E-state index contributed by atoms with van der Waals surface area (Å²) in [5.41, 5.74) is 1.17. The molecule has 7 nitrogen and oxygen atoms in total. The molecule has 21 heavy (non-hydrogen) atoms. The van der Waals surface area contributed by atoms with E-state index in [1.807, 2.05) is 18.2 Å². The molecule has 0 aliphatic carbocycles. The third-order valence-corrected chi connectivity index (χ3v) is 3.79. The predicted molar refractivity (Wildman–Crippen MR) is 76.8 cm³/mol. The van der Waals surface area contributed by atoms with E-state index in [1.165, 1.54) is 4.57 Å². The molecule has 1 fully saturated rings. The van der Waals surface area contributed by atoms with Crippen molar-refractivity contribution in [2.75, 3.05) is 26.2 Å². The largest absolute Gasteiger partial charge is 0.342 e. The van der Waals surface area contributed by atoms with E-state index in [-0.39, 0.29) is 18.1 Å². The molecule has 1 aromatic carbocycles. The second-order valence-electron chi connectivity index (χ2n) is 5.06.